The second-order valence-electron chi connectivity index (χ2n) is 7.17. The Morgan fingerprint density at radius 1 is 0.743 bits per heavy atom. The fraction of sp³-hybridized carbons (Fsp3) is 0.222. The molecule has 0 spiro atoms. The van der Waals surface area contributed by atoms with Gasteiger partial charge in [0.05, 0.1) is 35.0 Å². The first-order chi connectivity index (χ1) is 16.9. The lowest BCUT2D eigenvalue weighted by Gasteiger charge is -2.14. The summed E-state index contributed by atoms with van der Waals surface area (Å²) in [5.74, 6) is 2.50. The van der Waals surface area contributed by atoms with Crippen molar-refractivity contribution < 1.29 is 33.2 Å². The van der Waals surface area contributed by atoms with Crippen molar-refractivity contribution in [1.29, 1.82) is 0 Å². The number of carbonyl (C=O) groups excluding carboxylic acids is 1. The molecule has 0 heterocycles. The van der Waals surface area contributed by atoms with Gasteiger partial charge in [-0.3, -0.25) is 0 Å². The minimum atomic E-state index is -0.465. The lowest BCUT2D eigenvalue weighted by Crippen LogP contribution is -2.06. The van der Waals surface area contributed by atoms with E-state index in [1.54, 1.807) is 59.6 Å². The molecule has 0 amide bonds. The van der Waals surface area contributed by atoms with Gasteiger partial charge in [-0.1, -0.05) is 34.1 Å². The van der Waals surface area contributed by atoms with Crippen LogP contribution in [0.4, 0.5) is 0 Å². The van der Waals surface area contributed by atoms with Gasteiger partial charge >= 0.3 is 5.97 Å². The van der Waals surface area contributed by atoms with Crippen molar-refractivity contribution in [1.82, 2.24) is 0 Å². The van der Waals surface area contributed by atoms with Gasteiger partial charge in [-0.25, -0.2) is 4.79 Å². The standard InChI is InChI=1S/C27H27BrO7/c1-6-34-27(29)20-11-10-19(28)16-22(20)35-23-13-17(9-12-21(23)30-2)7-8-18-14-24(31-3)26(33-5)25(15-18)32-4/h7-16H,6H2,1-5H3/b8-7-. The number of benzene rings is 3. The molecule has 35 heavy (non-hydrogen) atoms. The van der Waals surface area contributed by atoms with E-state index in [1.165, 1.54) is 0 Å². The fourth-order valence-electron chi connectivity index (χ4n) is 3.34. The van der Waals surface area contributed by atoms with Crippen LogP contribution in [0.5, 0.6) is 34.5 Å². The van der Waals surface area contributed by atoms with Gasteiger partial charge in [0.2, 0.25) is 5.75 Å². The first-order valence-corrected chi connectivity index (χ1v) is 11.5. The molecule has 0 N–H and O–H groups in total. The van der Waals surface area contributed by atoms with Gasteiger partial charge in [0.1, 0.15) is 11.3 Å². The zero-order valence-corrected chi connectivity index (χ0v) is 21.8. The molecule has 0 aliphatic rings. The van der Waals surface area contributed by atoms with Gasteiger partial charge in [0.25, 0.3) is 0 Å². The van der Waals surface area contributed by atoms with E-state index in [-0.39, 0.29) is 6.61 Å². The number of carbonyl (C=O) groups is 1. The highest BCUT2D eigenvalue weighted by Crippen LogP contribution is 2.39. The maximum absolute atomic E-state index is 12.4. The Morgan fingerprint density at radius 3 is 1.97 bits per heavy atom. The molecule has 0 saturated heterocycles. The number of esters is 1. The molecule has 3 aromatic carbocycles. The Morgan fingerprint density at radius 2 is 1.37 bits per heavy atom. The summed E-state index contributed by atoms with van der Waals surface area (Å²) in [6, 6.07) is 14.3. The molecular weight excluding hydrogens is 516 g/mol. The third kappa shape index (κ3) is 6.27. The number of rotatable bonds is 10. The lowest BCUT2D eigenvalue weighted by molar-refractivity contribution is 0.0523. The molecule has 0 fully saturated rings. The summed E-state index contributed by atoms with van der Waals surface area (Å²) in [6.07, 6.45) is 3.83. The van der Waals surface area contributed by atoms with Crippen LogP contribution in [0.2, 0.25) is 0 Å². The number of halogens is 1. The zero-order chi connectivity index (χ0) is 25.4. The Hall–Kier alpha value is -3.65. The van der Waals surface area contributed by atoms with E-state index in [2.05, 4.69) is 15.9 Å². The van der Waals surface area contributed by atoms with Crippen LogP contribution in [-0.2, 0) is 4.74 Å². The van der Waals surface area contributed by atoms with Gasteiger partial charge in [-0.05, 0) is 60.5 Å². The maximum atomic E-state index is 12.4. The van der Waals surface area contributed by atoms with Crippen molar-refractivity contribution in [3.05, 3.63) is 69.7 Å². The molecule has 3 rings (SSSR count). The molecule has 0 unspecified atom stereocenters. The highest BCUT2D eigenvalue weighted by Gasteiger charge is 2.17. The summed E-state index contributed by atoms with van der Waals surface area (Å²) >= 11 is 3.43. The molecule has 0 aliphatic carbocycles. The average Bonchev–Trinajstić information content (AvgIpc) is 2.87. The lowest BCUT2D eigenvalue weighted by atomic mass is 10.1. The van der Waals surface area contributed by atoms with Crippen LogP contribution >= 0.6 is 15.9 Å². The van der Waals surface area contributed by atoms with Crippen molar-refractivity contribution in [2.45, 2.75) is 6.92 Å². The number of hydrogen-bond donors (Lipinski definition) is 0. The van der Waals surface area contributed by atoms with E-state index >= 15 is 0 Å². The summed E-state index contributed by atoms with van der Waals surface area (Å²) < 4.78 is 33.8. The van der Waals surface area contributed by atoms with Crippen LogP contribution in [0.25, 0.3) is 12.2 Å². The first kappa shape index (κ1) is 26.0. The van der Waals surface area contributed by atoms with E-state index in [0.29, 0.717) is 40.1 Å². The third-order valence-corrected chi connectivity index (χ3v) is 5.50. The summed E-state index contributed by atoms with van der Waals surface area (Å²) in [6.45, 7) is 2.02. The smallest absolute Gasteiger partial charge is 0.341 e. The predicted octanol–water partition coefficient (Wildman–Crippen LogP) is 6.62. The van der Waals surface area contributed by atoms with Crippen LogP contribution in [0.15, 0.2) is 53.0 Å². The van der Waals surface area contributed by atoms with E-state index in [4.69, 9.17) is 28.4 Å². The Balaban J connectivity index is 1.96. The van der Waals surface area contributed by atoms with Crippen LogP contribution in [0, 0.1) is 0 Å². The van der Waals surface area contributed by atoms with Crippen LogP contribution in [0.1, 0.15) is 28.4 Å². The van der Waals surface area contributed by atoms with Crippen LogP contribution in [-0.4, -0.2) is 41.0 Å². The second kappa shape index (κ2) is 12.2. The molecule has 0 radical (unpaired) electrons. The molecule has 7 nitrogen and oxygen atoms in total. The van der Waals surface area contributed by atoms with E-state index < -0.39 is 5.97 Å². The monoisotopic (exact) mass is 542 g/mol. The van der Waals surface area contributed by atoms with Crippen molar-refractivity contribution >= 4 is 34.1 Å². The minimum Gasteiger partial charge on any atom is -0.493 e. The molecule has 0 saturated carbocycles. The average molecular weight is 543 g/mol. The number of hydrogen-bond acceptors (Lipinski definition) is 7. The summed E-state index contributed by atoms with van der Waals surface area (Å²) in [5.41, 5.74) is 2.02. The largest absolute Gasteiger partial charge is 0.493 e. The van der Waals surface area contributed by atoms with E-state index in [9.17, 15) is 4.79 Å². The minimum absolute atomic E-state index is 0.263. The molecule has 8 heteroatoms. The van der Waals surface area contributed by atoms with E-state index in [0.717, 1.165) is 15.6 Å². The normalized spacial score (nSPS) is 10.7. The molecule has 0 aromatic heterocycles. The highest BCUT2D eigenvalue weighted by atomic mass is 79.9. The SMILES string of the molecule is CCOC(=O)c1ccc(Br)cc1Oc1cc(/C=C\c2cc(OC)c(OC)c(OC)c2)ccc1OC. The van der Waals surface area contributed by atoms with Crippen molar-refractivity contribution in [2.75, 3.05) is 35.0 Å². The molecule has 184 valence electrons. The second-order valence-corrected chi connectivity index (χ2v) is 8.08. The van der Waals surface area contributed by atoms with Gasteiger partial charge in [0, 0.05) is 4.47 Å². The Bertz CT molecular complexity index is 1200. The first-order valence-electron chi connectivity index (χ1n) is 10.7. The predicted molar refractivity (Wildman–Crippen MR) is 138 cm³/mol. The van der Waals surface area contributed by atoms with Gasteiger partial charge < -0.3 is 28.4 Å². The van der Waals surface area contributed by atoms with Crippen LogP contribution < -0.4 is 23.7 Å². The van der Waals surface area contributed by atoms with Gasteiger partial charge in [0.15, 0.2) is 23.0 Å². The zero-order valence-electron chi connectivity index (χ0n) is 20.2. The summed E-state index contributed by atoms with van der Waals surface area (Å²) in [7, 11) is 6.27. The van der Waals surface area contributed by atoms with E-state index in [1.807, 2.05) is 36.4 Å². The van der Waals surface area contributed by atoms with Crippen molar-refractivity contribution in [3.8, 4) is 34.5 Å². The summed E-state index contributed by atoms with van der Waals surface area (Å²) in [4.78, 5) is 12.4. The Kier molecular flexibility index (Phi) is 9.03. The van der Waals surface area contributed by atoms with Gasteiger partial charge in [-0.15, -0.1) is 0 Å². The molecule has 0 bridgehead atoms. The maximum Gasteiger partial charge on any atom is 0.341 e. The van der Waals surface area contributed by atoms with Gasteiger partial charge in [-0.2, -0.15) is 0 Å². The van der Waals surface area contributed by atoms with Crippen molar-refractivity contribution in [2.24, 2.45) is 0 Å². The number of ether oxygens (including phenoxy) is 6. The fourth-order valence-corrected chi connectivity index (χ4v) is 3.68. The summed E-state index contributed by atoms with van der Waals surface area (Å²) in [5, 5.41) is 0. The highest BCUT2D eigenvalue weighted by molar-refractivity contribution is 9.10. The molecular formula is C27H27BrO7. The molecule has 0 aliphatic heterocycles. The van der Waals surface area contributed by atoms with Crippen molar-refractivity contribution in [3.63, 3.8) is 0 Å². The third-order valence-electron chi connectivity index (χ3n) is 5.00. The van der Waals surface area contributed by atoms with Crippen LogP contribution in [0.3, 0.4) is 0 Å². The topological polar surface area (TPSA) is 72.5 Å². The number of methoxy groups -OCH3 is 4. The Labute approximate surface area is 213 Å². The quantitative estimate of drug-likeness (QED) is 0.210. The molecule has 0 atom stereocenters. The molecule has 3 aromatic rings.